The van der Waals surface area contributed by atoms with E-state index >= 15 is 0 Å². The molecule has 0 saturated carbocycles. The highest BCUT2D eigenvalue weighted by Gasteiger charge is 2.53. The van der Waals surface area contributed by atoms with Crippen LogP contribution in [0.1, 0.15) is 27.3 Å². The Morgan fingerprint density at radius 1 is 1.09 bits per heavy atom. The number of H-pyrrole nitrogens is 2. The van der Waals surface area contributed by atoms with Gasteiger partial charge in [0.05, 0.1) is 23.0 Å². The maximum Gasteiger partial charge on any atom is 0.272 e. The number of aromatic amines is 2. The van der Waals surface area contributed by atoms with Crippen molar-refractivity contribution in [1.29, 1.82) is 0 Å². The Bertz CT molecular complexity index is 1430. The van der Waals surface area contributed by atoms with Crippen LogP contribution in [0.5, 0.6) is 0 Å². The molecule has 0 unspecified atom stereocenters. The van der Waals surface area contributed by atoms with Crippen molar-refractivity contribution in [2.24, 2.45) is 5.41 Å². The van der Waals surface area contributed by atoms with Gasteiger partial charge in [-0.2, -0.15) is 5.10 Å². The first-order valence-corrected chi connectivity index (χ1v) is 11.2. The smallest absolute Gasteiger partial charge is 0.272 e. The van der Waals surface area contributed by atoms with Crippen LogP contribution in [0, 0.1) is 11.2 Å². The predicted molar refractivity (Wildman–Crippen MR) is 124 cm³/mol. The first kappa shape index (κ1) is 20.7. The van der Waals surface area contributed by atoms with Crippen molar-refractivity contribution in [1.82, 2.24) is 30.0 Å². The Balaban J connectivity index is 1.14. The van der Waals surface area contributed by atoms with E-state index < -0.39 is 5.82 Å². The lowest BCUT2D eigenvalue weighted by Gasteiger charge is -2.60. The zero-order chi connectivity index (χ0) is 23.3. The van der Waals surface area contributed by atoms with Gasteiger partial charge in [0.2, 0.25) is 0 Å². The molecule has 1 spiro atoms. The number of hydrogen-bond acceptors (Lipinski definition) is 5. The van der Waals surface area contributed by atoms with E-state index in [9.17, 15) is 14.0 Å². The van der Waals surface area contributed by atoms with Gasteiger partial charge in [-0.3, -0.25) is 14.5 Å². The fourth-order valence-electron chi connectivity index (χ4n) is 5.25. The Labute approximate surface area is 194 Å². The third-order valence-electron chi connectivity index (χ3n) is 6.81. The van der Waals surface area contributed by atoms with Crippen LogP contribution in [0.3, 0.4) is 0 Å². The van der Waals surface area contributed by atoms with Crippen molar-refractivity contribution in [2.75, 3.05) is 26.2 Å². The normalized spacial score (nSPS) is 17.0. The lowest BCUT2D eigenvalue weighted by atomic mass is 9.72. The van der Waals surface area contributed by atoms with Crippen molar-refractivity contribution in [2.45, 2.75) is 13.0 Å². The lowest BCUT2D eigenvalue weighted by Crippen LogP contribution is -2.72. The highest BCUT2D eigenvalue weighted by Crippen LogP contribution is 2.41. The molecule has 1 amide bonds. The number of fused-ring (bicyclic) bond motifs is 1. The molecule has 4 aromatic rings. The summed E-state index contributed by atoms with van der Waals surface area (Å²) in [5.74, 6) is -0.806. The number of benzene rings is 2. The Morgan fingerprint density at radius 3 is 2.65 bits per heavy atom. The number of amides is 1. The molecule has 2 fully saturated rings. The van der Waals surface area contributed by atoms with E-state index in [2.05, 4.69) is 25.1 Å². The molecule has 0 atom stereocenters. The Kier molecular flexibility index (Phi) is 4.80. The van der Waals surface area contributed by atoms with E-state index in [1.807, 2.05) is 18.3 Å². The van der Waals surface area contributed by atoms with Crippen molar-refractivity contribution in [3.8, 4) is 0 Å². The molecule has 8 nitrogen and oxygen atoms in total. The average Bonchev–Trinajstić information content (AvgIpc) is 3.31. The Hall–Kier alpha value is -3.85. The number of imidazole rings is 1. The van der Waals surface area contributed by atoms with Crippen molar-refractivity contribution in [3.63, 3.8) is 0 Å². The number of carbonyl (C=O) groups is 1. The number of halogens is 1. The van der Waals surface area contributed by atoms with E-state index in [1.165, 1.54) is 6.07 Å². The van der Waals surface area contributed by atoms with Gasteiger partial charge in [-0.1, -0.05) is 24.3 Å². The molecule has 2 aromatic heterocycles. The summed E-state index contributed by atoms with van der Waals surface area (Å²) in [5.41, 5.74) is 2.46. The molecule has 172 valence electrons. The van der Waals surface area contributed by atoms with Crippen LogP contribution >= 0.6 is 0 Å². The molecule has 6 rings (SSSR count). The van der Waals surface area contributed by atoms with E-state index in [0.717, 1.165) is 36.3 Å². The monoisotopic (exact) mass is 458 g/mol. The van der Waals surface area contributed by atoms with Gasteiger partial charge in [-0.25, -0.2) is 14.5 Å². The predicted octanol–water partition coefficient (Wildman–Crippen LogP) is 2.33. The second-order valence-electron chi connectivity index (χ2n) is 9.42. The standard InChI is InChI=1S/C25H23FN6O2/c26-21-6-5-16(8-22-18-3-1-2-4-19(18)23(33)30-29-22)7-20(21)24(34)32-13-25(14-32)11-31(12-25)10-17-9-27-15-28-17/h1-7,9,15H,8,10-14H2,(H,27,28)(H,30,33). The van der Waals surface area contributed by atoms with Gasteiger partial charge in [0.15, 0.2) is 0 Å². The summed E-state index contributed by atoms with van der Waals surface area (Å²) < 4.78 is 14.6. The second kappa shape index (κ2) is 7.88. The third kappa shape index (κ3) is 3.58. The van der Waals surface area contributed by atoms with Crippen LogP contribution in [0.15, 0.2) is 59.8 Å². The highest BCUT2D eigenvalue weighted by atomic mass is 19.1. The largest absolute Gasteiger partial charge is 0.347 e. The maximum atomic E-state index is 14.6. The highest BCUT2D eigenvalue weighted by molar-refractivity contribution is 5.95. The topological polar surface area (TPSA) is 98.0 Å². The van der Waals surface area contributed by atoms with Crippen LogP contribution in [0.2, 0.25) is 0 Å². The number of rotatable bonds is 5. The average molecular weight is 458 g/mol. The fourth-order valence-corrected chi connectivity index (χ4v) is 5.25. The third-order valence-corrected chi connectivity index (χ3v) is 6.81. The van der Waals surface area contributed by atoms with Gasteiger partial charge in [-0.15, -0.1) is 0 Å². The molecule has 0 aliphatic carbocycles. The molecule has 2 aliphatic rings. The van der Waals surface area contributed by atoms with Crippen LogP contribution < -0.4 is 5.56 Å². The number of nitrogens with zero attached hydrogens (tertiary/aromatic N) is 4. The molecular weight excluding hydrogens is 435 g/mol. The number of nitrogens with one attached hydrogen (secondary N) is 2. The molecule has 4 heterocycles. The summed E-state index contributed by atoms with van der Waals surface area (Å²) in [5, 5.41) is 8.02. The van der Waals surface area contributed by atoms with Gasteiger partial charge in [0.1, 0.15) is 5.82 Å². The van der Waals surface area contributed by atoms with Crippen LogP contribution in [0.4, 0.5) is 4.39 Å². The maximum absolute atomic E-state index is 14.6. The molecule has 0 bridgehead atoms. The minimum absolute atomic E-state index is 0.0784. The van der Waals surface area contributed by atoms with Crippen LogP contribution in [0.25, 0.3) is 10.8 Å². The molecule has 34 heavy (non-hydrogen) atoms. The molecule has 9 heteroatoms. The van der Waals surface area contributed by atoms with Gasteiger partial charge in [0, 0.05) is 61.8 Å². The zero-order valence-corrected chi connectivity index (χ0v) is 18.4. The van der Waals surface area contributed by atoms with E-state index in [-0.39, 0.29) is 22.4 Å². The van der Waals surface area contributed by atoms with Gasteiger partial charge < -0.3 is 9.88 Å². The molecule has 2 aromatic carbocycles. The van der Waals surface area contributed by atoms with E-state index in [0.29, 0.717) is 30.6 Å². The first-order valence-electron chi connectivity index (χ1n) is 11.2. The summed E-state index contributed by atoms with van der Waals surface area (Å²) in [6, 6.07) is 11.8. The quantitative estimate of drug-likeness (QED) is 0.478. The molecule has 0 radical (unpaired) electrons. The Morgan fingerprint density at radius 2 is 1.88 bits per heavy atom. The van der Waals surface area contributed by atoms with Gasteiger partial charge >= 0.3 is 0 Å². The van der Waals surface area contributed by atoms with Crippen LogP contribution in [-0.4, -0.2) is 62.1 Å². The first-order chi connectivity index (χ1) is 16.5. The van der Waals surface area contributed by atoms with Crippen molar-refractivity contribution >= 4 is 16.7 Å². The van der Waals surface area contributed by atoms with E-state index in [1.54, 1.807) is 35.5 Å². The number of hydrogen-bond donors (Lipinski definition) is 2. The number of aromatic nitrogens is 4. The molecule has 2 N–H and O–H groups in total. The number of carbonyl (C=O) groups excluding carboxylic acids is 1. The summed E-state index contributed by atoms with van der Waals surface area (Å²) in [7, 11) is 0. The van der Waals surface area contributed by atoms with Crippen molar-refractivity contribution in [3.05, 3.63) is 93.7 Å². The van der Waals surface area contributed by atoms with Crippen LogP contribution in [-0.2, 0) is 13.0 Å². The zero-order valence-electron chi connectivity index (χ0n) is 18.4. The minimum Gasteiger partial charge on any atom is -0.347 e. The van der Waals surface area contributed by atoms with Gasteiger partial charge in [-0.05, 0) is 23.8 Å². The second-order valence-corrected chi connectivity index (χ2v) is 9.42. The summed E-state index contributed by atoms with van der Waals surface area (Å²) in [6.45, 7) is 3.94. The molecular formula is C25H23FN6O2. The SMILES string of the molecule is O=C(c1cc(Cc2n[nH]c(=O)c3ccccc23)ccc1F)N1CC2(CN(Cc3cnc[nH]3)C2)C1. The van der Waals surface area contributed by atoms with E-state index in [4.69, 9.17) is 0 Å². The summed E-state index contributed by atoms with van der Waals surface area (Å²) in [4.78, 5) is 36.3. The molecule has 2 aliphatic heterocycles. The summed E-state index contributed by atoms with van der Waals surface area (Å²) >= 11 is 0. The molecule has 2 saturated heterocycles. The lowest BCUT2D eigenvalue weighted by molar-refractivity contribution is -0.102. The van der Waals surface area contributed by atoms with Crippen molar-refractivity contribution < 1.29 is 9.18 Å². The number of likely N-dealkylation sites (tertiary alicyclic amines) is 2. The fraction of sp³-hybridized carbons (Fsp3) is 0.280. The van der Waals surface area contributed by atoms with Gasteiger partial charge in [0.25, 0.3) is 11.5 Å². The minimum atomic E-state index is -0.525. The summed E-state index contributed by atoms with van der Waals surface area (Å²) in [6.07, 6.45) is 3.88.